The number of aromatic nitrogens is 2. The molecule has 148 valence electrons. The molecular formula is C23H19F3N2O. The van der Waals surface area contributed by atoms with Crippen molar-refractivity contribution in [2.45, 2.75) is 24.6 Å². The fourth-order valence-corrected chi connectivity index (χ4v) is 3.50. The zero-order chi connectivity index (χ0) is 20.5. The predicted octanol–water partition coefficient (Wildman–Crippen LogP) is 5.10. The predicted molar refractivity (Wildman–Crippen MR) is 106 cm³/mol. The lowest BCUT2D eigenvalue weighted by Crippen LogP contribution is -2.49. The van der Waals surface area contributed by atoms with E-state index in [9.17, 15) is 18.3 Å². The Kier molecular flexibility index (Phi) is 4.88. The largest absolute Gasteiger partial charge is 0.417 e. The van der Waals surface area contributed by atoms with Crippen molar-refractivity contribution in [2.75, 3.05) is 0 Å². The van der Waals surface area contributed by atoms with Crippen molar-refractivity contribution < 1.29 is 18.3 Å². The molecule has 0 aliphatic rings. The highest BCUT2D eigenvalue weighted by Crippen LogP contribution is 2.36. The van der Waals surface area contributed by atoms with E-state index in [1.54, 1.807) is 59.4 Å². The highest BCUT2D eigenvalue weighted by atomic mass is 19.4. The van der Waals surface area contributed by atoms with Crippen LogP contribution in [-0.2, 0) is 12.8 Å². The van der Waals surface area contributed by atoms with Crippen molar-refractivity contribution in [3.63, 3.8) is 0 Å². The Morgan fingerprint density at radius 2 is 1.41 bits per heavy atom. The Bertz CT molecular complexity index is 1110. The molecule has 0 aliphatic carbocycles. The van der Waals surface area contributed by atoms with E-state index in [0.717, 1.165) is 16.6 Å². The zero-order valence-electron chi connectivity index (χ0n) is 15.5. The molecule has 3 aromatic carbocycles. The molecule has 1 atom stereocenters. The summed E-state index contributed by atoms with van der Waals surface area (Å²) in [5.74, 6) is 0. The van der Waals surface area contributed by atoms with Gasteiger partial charge in [0.15, 0.2) is 5.60 Å². The molecule has 1 aromatic heterocycles. The first-order valence-electron chi connectivity index (χ1n) is 9.21. The molecule has 4 rings (SSSR count). The average Bonchev–Trinajstić information content (AvgIpc) is 3.12. The van der Waals surface area contributed by atoms with Crippen molar-refractivity contribution in [3.05, 3.63) is 96.2 Å². The van der Waals surface area contributed by atoms with Gasteiger partial charge in [0.2, 0.25) is 0 Å². The van der Waals surface area contributed by atoms with E-state index >= 15 is 0 Å². The molecule has 1 N–H and O–H groups in total. The topological polar surface area (TPSA) is 38.1 Å². The van der Waals surface area contributed by atoms with Crippen LogP contribution in [0.1, 0.15) is 11.1 Å². The van der Waals surface area contributed by atoms with Crippen LogP contribution in [0.15, 0.2) is 85.1 Å². The lowest BCUT2D eigenvalue weighted by atomic mass is 9.87. The molecule has 0 saturated carbocycles. The molecule has 29 heavy (non-hydrogen) atoms. The van der Waals surface area contributed by atoms with Crippen LogP contribution < -0.4 is 0 Å². The maximum atomic E-state index is 13.7. The van der Waals surface area contributed by atoms with E-state index in [-0.39, 0.29) is 0 Å². The molecule has 1 heterocycles. The van der Waals surface area contributed by atoms with Crippen LogP contribution in [0, 0.1) is 0 Å². The summed E-state index contributed by atoms with van der Waals surface area (Å²) >= 11 is 0. The van der Waals surface area contributed by atoms with Gasteiger partial charge in [-0.2, -0.15) is 18.3 Å². The van der Waals surface area contributed by atoms with Gasteiger partial charge < -0.3 is 5.11 Å². The van der Waals surface area contributed by atoms with E-state index in [4.69, 9.17) is 0 Å². The van der Waals surface area contributed by atoms with Crippen LogP contribution in [0.25, 0.3) is 16.6 Å². The summed E-state index contributed by atoms with van der Waals surface area (Å²) in [5, 5.41) is 15.6. The first-order valence-corrected chi connectivity index (χ1v) is 9.21. The number of halogens is 3. The first kappa shape index (κ1) is 19.2. The normalized spacial score (nSPS) is 14.1. The van der Waals surface area contributed by atoms with Gasteiger partial charge in [0.1, 0.15) is 0 Å². The van der Waals surface area contributed by atoms with Gasteiger partial charge in [-0.3, -0.25) is 0 Å². The summed E-state index contributed by atoms with van der Waals surface area (Å²) in [6.45, 7) is 0. The van der Waals surface area contributed by atoms with Gasteiger partial charge in [-0.15, -0.1) is 0 Å². The van der Waals surface area contributed by atoms with Crippen molar-refractivity contribution in [3.8, 4) is 5.69 Å². The standard InChI is InChI=1S/C23H19F3N2O/c24-23(25,26)22(29,14-17-7-3-1-4-8-17)15-18-11-12-21-19(13-18)16-27-28(21)20-9-5-2-6-10-20/h1-13,16,29H,14-15H2. The molecule has 3 nitrogen and oxygen atoms in total. The summed E-state index contributed by atoms with van der Waals surface area (Å²) in [5.41, 5.74) is -0.354. The monoisotopic (exact) mass is 396 g/mol. The number of alkyl halides is 3. The Balaban J connectivity index is 1.66. The lowest BCUT2D eigenvalue weighted by Gasteiger charge is -2.31. The molecule has 0 aliphatic heterocycles. The van der Waals surface area contributed by atoms with E-state index < -0.39 is 24.6 Å². The third kappa shape index (κ3) is 3.89. The Hall–Kier alpha value is -3.12. The number of aliphatic hydroxyl groups is 1. The highest BCUT2D eigenvalue weighted by molar-refractivity contribution is 5.81. The highest BCUT2D eigenvalue weighted by Gasteiger charge is 2.53. The molecule has 6 heteroatoms. The van der Waals surface area contributed by atoms with E-state index in [0.29, 0.717) is 11.1 Å². The molecular weight excluding hydrogens is 377 g/mol. The number of hydrogen-bond donors (Lipinski definition) is 1. The van der Waals surface area contributed by atoms with Gasteiger partial charge >= 0.3 is 6.18 Å². The molecule has 0 fully saturated rings. The fourth-order valence-electron chi connectivity index (χ4n) is 3.50. The second kappa shape index (κ2) is 7.37. The molecule has 0 radical (unpaired) electrons. The Morgan fingerprint density at radius 3 is 2.07 bits per heavy atom. The maximum absolute atomic E-state index is 13.7. The van der Waals surface area contributed by atoms with Gasteiger partial charge in [-0.1, -0.05) is 54.6 Å². The van der Waals surface area contributed by atoms with E-state index in [1.165, 1.54) is 0 Å². The van der Waals surface area contributed by atoms with Crippen LogP contribution in [0.3, 0.4) is 0 Å². The van der Waals surface area contributed by atoms with Crippen LogP contribution >= 0.6 is 0 Å². The van der Waals surface area contributed by atoms with Crippen LogP contribution in [0.5, 0.6) is 0 Å². The summed E-state index contributed by atoms with van der Waals surface area (Å²) < 4.78 is 43.0. The van der Waals surface area contributed by atoms with Crippen LogP contribution in [0.2, 0.25) is 0 Å². The van der Waals surface area contributed by atoms with Crippen molar-refractivity contribution in [1.29, 1.82) is 0 Å². The smallest absolute Gasteiger partial charge is 0.380 e. The number of hydrogen-bond acceptors (Lipinski definition) is 2. The Labute approximate surface area is 166 Å². The van der Waals surface area contributed by atoms with Crippen molar-refractivity contribution in [2.24, 2.45) is 0 Å². The Morgan fingerprint density at radius 1 is 0.793 bits per heavy atom. The molecule has 0 bridgehead atoms. The number of rotatable bonds is 5. The summed E-state index contributed by atoms with van der Waals surface area (Å²) in [4.78, 5) is 0. The van der Waals surface area contributed by atoms with E-state index in [2.05, 4.69) is 5.10 Å². The van der Waals surface area contributed by atoms with Gasteiger partial charge in [0.05, 0.1) is 17.4 Å². The van der Waals surface area contributed by atoms with Gasteiger partial charge in [0, 0.05) is 18.2 Å². The number of para-hydroxylation sites is 1. The third-order valence-corrected chi connectivity index (χ3v) is 5.00. The third-order valence-electron chi connectivity index (χ3n) is 5.00. The second-order valence-corrected chi connectivity index (χ2v) is 7.15. The molecule has 1 unspecified atom stereocenters. The summed E-state index contributed by atoms with van der Waals surface area (Å²) in [6, 6.07) is 22.7. The van der Waals surface area contributed by atoms with Gasteiger partial charge in [-0.05, 0) is 35.4 Å². The molecule has 0 spiro atoms. The zero-order valence-corrected chi connectivity index (χ0v) is 15.5. The van der Waals surface area contributed by atoms with Crippen molar-refractivity contribution >= 4 is 10.9 Å². The minimum absolute atomic E-state index is 0.404. The number of fused-ring (bicyclic) bond motifs is 1. The molecule has 0 saturated heterocycles. The number of nitrogens with zero attached hydrogens (tertiary/aromatic N) is 2. The summed E-state index contributed by atoms with van der Waals surface area (Å²) in [7, 11) is 0. The minimum atomic E-state index is -4.76. The van der Waals surface area contributed by atoms with E-state index in [1.807, 2.05) is 30.3 Å². The summed E-state index contributed by atoms with van der Waals surface area (Å²) in [6.07, 6.45) is -4.17. The maximum Gasteiger partial charge on any atom is 0.417 e. The fraction of sp³-hybridized carbons (Fsp3) is 0.174. The number of benzene rings is 3. The molecule has 0 amide bonds. The second-order valence-electron chi connectivity index (χ2n) is 7.15. The SMILES string of the molecule is OC(Cc1ccccc1)(Cc1ccc2c(cnn2-c2ccccc2)c1)C(F)(F)F. The molecule has 4 aromatic rings. The average molecular weight is 396 g/mol. The van der Waals surface area contributed by atoms with Crippen molar-refractivity contribution in [1.82, 2.24) is 9.78 Å². The first-order chi connectivity index (χ1) is 13.9. The van der Waals surface area contributed by atoms with Crippen LogP contribution in [-0.4, -0.2) is 26.7 Å². The van der Waals surface area contributed by atoms with Gasteiger partial charge in [-0.25, -0.2) is 4.68 Å². The quantitative estimate of drug-likeness (QED) is 0.509. The minimum Gasteiger partial charge on any atom is -0.380 e. The van der Waals surface area contributed by atoms with Gasteiger partial charge in [0.25, 0.3) is 0 Å². The lowest BCUT2D eigenvalue weighted by molar-refractivity contribution is -0.259. The van der Waals surface area contributed by atoms with Crippen LogP contribution in [0.4, 0.5) is 13.2 Å².